The zero-order chi connectivity index (χ0) is 18.5. The van der Waals surface area contributed by atoms with Crippen LogP contribution >= 0.6 is 12.4 Å². The molecule has 2 fully saturated rings. The Balaban J connectivity index is 0.00000225. The monoisotopic (exact) mass is 403 g/mol. The van der Waals surface area contributed by atoms with E-state index in [1.807, 2.05) is 36.4 Å². The van der Waals surface area contributed by atoms with Crippen molar-refractivity contribution in [1.82, 2.24) is 14.7 Å². The highest BCUT2D eigenvalue weighted by Gasteiger charge is 2.24. The molecule has 1 aromatic heterocycles. The van der Waals surface area contributed by atoms with Crippen LogP contribution in [-0.4, -0.2) is 47.5 Å². The van der Waals surface area contributed by atoms with Crippen molar-refractivity contribution in [2.45, 2.75) is 32.2 Å². The highest BCUT2D eigenvalue weighted by atomic mass is 35.5. The molecule has 0 aliphatic carbocycles. The summed E-state index contributed by atoms with van der Waals surface area (Å²) < 4.78 is 7.28. The van der Waals surface area contributed by atoms with Crippen LogP contribution in [0.4, 0.5) is 0 Å². The second-order valence-electron chi connectivity index (χ2n) is 7.93. The molecule has 2 aliphatic rings. The number of piperidine rings is 1. The van der Waals surface area contributed by atoms with Crippen LogP contribution in [0.1, 0.15) is 25.7 Å². The van der Waals surface area contributed by atoms with Gasteiger partial charge in [-0.2, -0.15) is 5.10 Å². The topological polar surface area (TPSA) is 47.4 Å². The summed E-state index contributed by atoms with van der Waals surface area (Å²) in [6.07, 6.45) is 6.52. The van der Waals surface area contributed by atoms with Crippen LogP contribution in [0.2, 0.25) is 0 Å². The minimum Gasteiger partial charge on any atom is -0.381 e. The highest BCUT2D eigenvalue weighted by Crippen LogP contribution is 2.22. The molecule has 1 aromatic carbocycles. The Morgan fingerprint density at radius 3 is 2.50 bits per heavy atom. The molecule has 0 amide bonds. The predicted molar refractivity (Wildman–Crippen MR) is 114 cm³/mol. The number of rotatable bonds is 5. The van der Waals surface area contributed by atoms with Gasteiger partial charge in [-0.05, 0) is 62.2 Å². The highest BCUT2D eigenvalue weighted by molar-refractivity contribution is 5.85. The van der Waals surface area contributed by atoms with E-state index in [9.17, 15) is 4.79 Å². The standard InChI is InChI=1S/C22H29N3O2.ClH/c26-22-21(20-6-2-1-3-7-20)8-11-23-25(22)16-18-9-12-24(13-10-18)15-19-5-4-14-27-17-19;/h1-3,6-8,11,18-19H,4-5,9-10,12-17H2;1H. The molecular weight excluding hydrogens is 374 g/mol. The van der Waals surface area contributed by atoms with Crippen LogP contribution in [0, 0.1) is 11.8 Å². The van der Waals surface area contributed by atoms with Crippen LogP contribution in [0.5, 0.6) is 0 Å². The Hall–Kier alpha value is -1.69. The molecule has 2 saturated heterocycles. The molecule has 2 aromatic rings. The van der Waals surface area contributed by atoms with Crippen molar-refractivity contribution >= 4 is 12.4 Å². The molecule has 5 nitrogen and oxygen atoms in total. The molecule has 0 spiro atoms. The van der Waals surface area contributed by atoms with E-state index in [4.69, 9.17) is 4.74 Å². The van der Waals surface area contributed by atoms with Gasteiger partial charge in [0.05, 0.1) is 12.2 Å². The molecule has 6 heteroatoms. The third-order valence-electron chi connectivity index (χ3n) is 5.91. The van der Waals surface area contributed by atoms with Crippen molar-refractivity contribution in [1.29, 1.82) is 0 Å². The number of ether oxygens (including phenoxy) is 1. The van der Waals surface area contributed by atoms with Crippen LogP contribution in [-0.2, 0) is 11.3 Å². The van der Waals surface area contributed by atoms with E-state index in [0.29, 0.717) is 11.8 Å². The van der Waals surface area contributed by atoms with Gasteiger partial charge in [-0.3, -0.25) is 4.79 Å². The Labute approximate surface area is 173 Å². The quantitative estimate of drug-likeness (QED) is 0.766. The van der Waals surface area contributed by atoms with Gasteiger partial charge in [-0.25, -0.2) is 4.68 Å². The first-order valence-corrected chi connectivity index (χ1v) is 10.2. The zero-order valence-electron chi connectivity index (χ0n) is 16.3. The van der Waals surface area contributed by atoms with E-state index in [-0.39, 0.29) is 18.0 Å². The number of hydrogen-bond acceptors (Lipinski definition) is 4. The maximum Gasteiger partial charge on any atom is 0.274 e. The molecule has 0 radical (unpaired) electrons. The fraction of sp³-hybridized carbons (Fsp3) is 0.545. The van der Waals surface area contributed by atoms with Crippen molar-refractivity contribution in [2.24, 2.45) is 11.8 Å². The number of benzene rings is 1. The lowest BCUT2D eigenvalue weighted by molar-refractivity contribution is 0.0319. The molecule has 1 atom stereocenters. The summed E-state index contributed by atoms with van der Waals surface area (Å²) in [5.74, 6) is 1.22. The van der Waals surface area contributed by atoms with Gasteiger partial charge in [0.15, 0.2) is 0 Å². The lowest BCUT2D eigenvalue weighted by Gasteiger charge is -2.35. The molecule has 0 saturated carbocycles. The third-order valence-corrected chi connectivity index (χ3v) is 5.91. The molecule has 2 aliphatic heterocycles. The van der Waals surface area contributed by atoms with Gasteiger partial charge in [-0.1, -0.05) is 30.3 Å². The summed E-state index contributed by atoms with van der Waals surface area (Å²) in [7, 11) is 0. The van der Waals surface area contributed by atoms with Gasteiger partial charge >= 0.3 is 0 Å². The zero-order valence-corrected chi connectivity index (χ0v) is 17.2. The maximum absolute atomic E-state index is 12.8. The summed E-state index contributed by atoms with van der Waals surface area (Å²) in [4.78, 5) is 15.4. The second-order valence-corrected chi connectivity index (χ2v) is 7.93. The summed E-state index contributed by atoms with van der Waals surface area (Å²) in [6.45, 7) is 5.98. The van der Waals surface area contributed by atoms with E-state index in [1.54, 1.807) is 10.9 Å². The van der Waals surface area contributed by atoms with Crippen molar-refractivity contribution in [3.8, 4) is 11.1 Å². The lowest BCUT2D eigenvalue weighted by Crippen LogP contribution is -2.40. The van der Waals surface area contributed by atoms with Crippen molar-refractivity contribution in [3.05, 3.63) is 52.9 Å². The van der Waals surface area contributed by atoms with Crippen LogP contribution in [0.3, 0.4) is 0 Å². The number of nitrogens with zero attached hydrogens (tertiary/aromatic N) is 3. The van der Waals surface area contributed by atoms with E-state index in [2.05, 4.69) is 10.00 Å². The Morgan fingerprint density at radius 2 is 1.79 bits per heavy atom. The van der Waals surface area contributed by atoms with Gasteiger partial charge in [0, 0.05) is 25.9 Å². The van der Waals surface area contributed by atoms with E-state index >= 15 is 0 Å². The smallest absolute Gasteiger partial charge is 0.274 e. The van der Waals surface area contributed by atoms with E-state index in [0.717, 1.165) is 63.4 Å². The number of likely N-dealkylation sites (tertiary alicyclic amines) is 1. The first-order chi connectivity index (χ1) is 13.3. The van der Waals surface area contributed by atoms with Crippen molar-refractivity contribution in [2.75, 3.05) is 32.8 Å². The van der Waals surface area contributed by atoms with Gasteiger partial charge in [-0.15, -0.1) is 12.4 Å². The molecule has 152 valence electrons. The Morgan fingerprint density at radius 1 is 1.00 bits per heavy atom. The fourth-order valence-electron chi connectivity index (χ4n) is 4.33. The van der Waals surface area contributed by atoms with E-state index < -0.39 is 0 Å². The molecule has 28 heavy (non-hydrogen) atoms. The molecule has 4 rings (SSSR count). The fourth-order valence-corrected chi connectivity index (χ4v) is 4.33. The first-order valence-electron chi connectivity index (χ1n) is 10.2. The van der Waals surface area contributed by atoms with Crippen LogP contribution < -0.4 is 5.56 Å². The van der Waals surface area contributed by atoms with Crippen LogP contribution in [0.25, 0.3) is 11.1 Å². The molecule has 0 bridgehead atoms. The Kier molecular flexibility index (Phi) is 7.65. The summed E-state index contributed by atoms with van der Waals surface area (Å²) in [6, 6.07) is 11.7. The number of hydrogen-bond donors (Lipinski definition) is 0. The van der Waals surface area contributed by atoms with Gasteiger partial charge in [0.2, 0.25) is 0 Å². The summed E-state index contributed by atoms with van der Waals surface area (Å²) in [5.41, 5.74) is 1.72. The maximum atomic E-state index is 12.8. The van der Waals surface area contributed by atoms with Crippen molar-refractivity contribution < 1.29 is 4.74 Å². The van der Waals surface area contributed by atoms with Gasteiger partial charge in [0.25, 0.3) is 5.56 Å². The molecular formula is C22H30ClN3O2. The largest absolute Gasteiger partial charge is 0.381 e. The number of halogens is 1. The minimum absolute atomic E-state index is 0. The lowest BCUT2D eigenvalue weighted by atomic mass is 9.94. The predicted octanol–water partition coefficient (Wildman–Crippen LogP) is 3.47. The minimum atomic E-state index is 0. The molecule has 3 heterocycles. The second kappa shape index (κ2) is 10.2. The summed E-state index contributed by atoms with van der Waals surface area (Å²) >= 11 is 0. The van der Waals surface area contributed by atoms with Gasteiger partial charge in [0.1, 0.15) is 0 Å². The van der Waals surface area contributed by atoms with E-state index in [1.165, 1.54) is 12.8 Å². The third kappa shape index (κ3) is 5.22. The average Bonchev–Trinajstić information content (AvgIpc) is 2.72. The van der Waals surface area contributed by atoms with Crippen LogP contribution in [0.15, 0.2) is 47.4 Å². The van der Waals surface area contributed by atoms with Gasteiger partial charge < -0.3 is 9.64 Å². The normalized spacial score (nSPS) is 21.2. The molecule has 0 N–H and O–H groups in total. The first kappa shape index (κ1) is 21.0. The molecule has 1 unspecified atom stereocenters. The average molecular weight is 404 g/mol. The Bertz CT molecular complexity index is 782. The SMILES string of the molecule is Cl.O=c1c(-c2ccccc2)ccnn1CC1CCN(CC2CCCOC2)CC1. The summed E-state index contributed by atoms with van der Waals surface area (Å²) in [5, 5.41) is 4.35. The number of aromatic nitrogens is 2. The van der Waals surface area contributed by atoms with Crippen molar-refractivity contribution in [3.63, 3.8) is 0 Å².